The van der Waals surface area contributed by atoms with Gasteiger partial charge in [0, 0.05) is 6.07 Å². The maximum absolute atomic E-state index is 12.9. The number of anilines is 1. The van der Waals surface area contributed by atoms with E-state index in [2.05, 4.69) is 5.10 Å². The number of hydrogen-bond donors (Lipinski definition) is 1. The van der Waals surface area contributed by atoms with Gasteiger partial charge in [-0.2, -0.15) is 18.3 Å². The Morgan fingerprint density at radius 3 is 2.47 bits per heavy atom. The maximum Gasteiger partial charge on any atom is 0.433 e. The van der Waals surface area contributed by atoms with Crippen LogP contribution in [0.5, 0.6) is 0 Å². The van der Waals surface area contributed by atoms with Crippen LogP contribution in [0.15, 0.2) is 30.3 Å². The summed E-state index contributed by atoms with van der Waals surface area (Å²) in [6.07, 6.45) is -4.60. The minimum atomic E-state index is -4.60. The predicted molar refractivity (Wildman–Crippen MR) is 52.9 cm³/mol. The summed E-state index contributed by atoms with van der Waals surface area (Å²) in [5.74, 6) is -0.925. The molecule has 1 heterocycles. The third-order valence-corrected chi connectivity index (χ3v) is 2.07. The first-order valence-electron chi connectivity index (χ1n) is 4.56. The molecule has 0 radical (unpaired) electrons. The summed E-state index contributed by atoms with van der Waals surface area (Å²) in [5, 5.41) is 3.50. The van der Waals surface area contributed by atoms with E-state index < -0.39 is 17.7 Å². The molecular formula is C10H7F4N3. The Morgan fingerprint density at radius 2 is 1.88 bits per heavy atom. The van der Waals surface area contributed by atoms with Crippen molar-refractivity contribution < 1.29 is 17.6 Å². The molecule has 1 aromatic heterocycles. The molecule has 0 saturated carbocycles. The van der Waals surface area contributed by atoms with Crippen molar-refractivity contribution in [2.45, 2.75) is 6.18 Å². The summed E-state index contributed by atoms with van der Waals surface area (Å²) >= 11 is 0. The van der Waals surface area contributed by atoms with Crippen LogP contribution >= 0.6 is 0 Å². The molecule has 17 heavy (non-hydrogen) atoms. The van der Waals surface area contributed by atoms with Gasteiger partial charge in [-0.3, -0.25) is 0 Å². The van der Waals surface area contributed by atoms with Crippen LogP contribution in [0.3, 0.4) is 0 Å². The molecule has 0 atom stereocenters. The number of aromatic nitrogens is 2. The van der Waals surface area contributed by atoms with E-state index in [1.165, 1.54) is 12.1 Å². The van der Waals surface area contributed by atoms with Crippen LogP contribution < -0.4 is 5.73 Å². The molecular weight excluding hydrogens is 238 g/mol. The number of nitrogens with zero attached hydrogens (tertiary/aromatic N) is 2. The molecule has 1 aromatic carbocycles. The van der Waals surface area contributed by atoms with Gasteiger partial charge in [-0.1, -0.05) is 6.07 Å². The Morgan fingerprint density at radius 1 is 1.18 bits per heavy atom. The van der Waals surface area contributed by atoms with Gasteiger partial charge in [-0.05, 0) is 18.2 Å². The molecule has 3 nitrogen and oxygen atoms in total. The molecule has 2 rings (SSSR count). The van der Waals surface area contributed by atoms with E-state index in [-0.39, 0.29) is 11.5 Å². The van der Waals surface area contributed by atoms with Crippen molar-refractivity contribution in [2.75, 3.05) is 5.73 Å². The third-order valence-electron chi connectivity index (χ3n) is 2.07. The van der Waals surface area contributed by atoms with Crippen molar-refractivity contribution in [3.05, 3.63) is 41.8 Å². The summed E-state index contributed by atoms with van der Waals surface area (Å²) in [5.41, 5.74) is 4.15. The average Bonchev–Trinajstić information content (AvgIpc) is 2.60. The van der Waals surface area contributed by atoms with E-state index in [1.807, 2.05) is 0 Å². The molecule has 0 bridgehead atoms. The fourth-order valence-electron chi connectivity index (χ4n) is 1.41. The van der Waals surface area contributed by atoms with Gasteiger partial charge in [-0.25, -0.2) is 9.07 Å². The van der Waals surface area contributed by atoms with Gasteiger partial charge in [0.1, 0.15) is 17.3 Å². The second kappa shape index (κ2) is 3.76. The van der Waals surface area contributed by atoms with E-state index in [0.29, 0.717) is 10.7 Å². The number of hydrogen-bond acceptors (Lipinski definition) is 2. The van der Waals surface area contributed by atoms with Gasteiger partial charge in [-0.15, -0.1) is 0 Å². The van der Waals surface area contributed by atoms with Crippen molar-refractivity contribution in [2.24, 2.45) is 0 Å². The zero-order valence-electron chi connectivity index (χ0n) is 8.37. The highest BCUT2D eigenvalue weighted by molar-refractivity contribution is 5.40. The first-order chi connectivity index (χ1) is 7.88. The van der Waals surface area contributed by atoms with Crippen molar-refractivity contribution in [3.63, 3.8) is 0 Å². The van der Waals surface area contributed by atoms with Crippen LogP contribution in [-0.4, -0.2) is 9.78 Å². The predicted octanol–water partition coefficient (Wildman–Crippen LogP) is 2.61. The molecule has 0 fully saturated rings. The summed E-state index contributed by atoms with van der Waals surface area (Å²) < 4.78 is 51.4. The Bertz CT molecular complexity index is 545. The molecule has 90 valence electrons. The van der Waals surface area contributed by atoms with Crippen LogP contribution in [-0.2, 0) is 6.18 Å². The van der Waals surface area contributed by atoms with Gasteiger partial charge in [0.15, 0.2) is 0 Å². The van der Waals surface area contributed by atoms with Crippen LogP contribution in [0.2, 0.25) is 0 Å². The molecule has 0 saturated heterocycles. The monoisotopic (exact) mass is 245 g/mol. The van der Waals surface area contributed by atoms with Gasteiger partial charge >= 0.3 is 6.18 Å². The quantitative estimate of drug-likeness (QED) is 0.785. The minimum Gasteiger partial charge on any atom is -0.382 e. The van der Waals surface area contributed by atoms with Gasteiger partial charge in [0.25, 0.3) is 0 Å². The number of alkyl halides is 3. The highest BCUT2D eigenvalue weighted by atomic mass is 19.4. The van der Waals surface area contributed by atoms with Crippen molar-refractivity contribution in [1.29, 1.82) is 0 Å². The molecule has 0 amide bonds. The lowest BCUT2D eigenvalue weighted by Crippen LogP contribution is -2.13. The average molecular weight is 245 g/mol. The minimum absolute atomic E-state index is 0.0333. The molecule has 2 aromatic rings. The van der Waals surface area contributed by atoms with E-state index in [4.69, 9.17) is 5.73 Å². The highest BCUT2D eigenvalue weighted by Gasteiger charge is 2.36. The molecule has 0 aliphatic rings. The standard InChI is InChI=1S/C10H7F4N3/c11-6-2-1-3-7(4-6)17-8(10(12,13)14)5-9(15)16-17/h1-5H,(H2,15,16). The fraction of sp³-hybridized carbons (Fsp3) is 0.100. The number of benzene rings is 1. The van der Waals surface area contributed by atoms with E-state index >= 15 is 0 Å². The Hall–Kier alpha value is -2.05. The van der Waals surface area contributed by atoms with E-state index in [1.54, 1.807) is 0 Å². The largest absolute Gasteiger partial charge is 0.433 e. The molecule has 0 aliphatic heterocycles. The van der Waals surface area contributed by atoms with Gasteiger partial charge in [0.2, 0.25) is 0 Å². The lowest BCUT2D eigenvalue weighted by molar-refractivity contribution is -0.142. The van der Waals surface area contributed by atoms with Crippen LogP contribution in [0.1, 0.15) is 5.69 Å². The van der Waals surface area contributed by atoms with Crippen molar-refractivity contribution in [3.8, 4) is 5.69 Å². The number of rotatable bonds is 1. The summed E-state index contributed by atoms with van der Waals surface area (Å²) in [6.45, 7) is 0. The molecule has 7 heteroatoms. The van der Waals surface area contributed by atoms with E-state index in [9.17, 15) is 17.6 Å². The zero-order chi connectivity index (χ0) is 12.6. The molecule has 0 spiro atoms. The molecule has 0 aliphatic carbocycles. The highest BCUT2D eigenvalue weighted by Crippen LogP contribution is 2.32. The van der Waals surface area contributed by atoms with E-state index in [0.717, 1.165) is 12.1 Å². The van der Waals surface area contributed by atoms with Crippen LogP contribution in [0.25, 0.3) is 5.69 Å². The molecule has 0 unspecified atom stereocenters. The SMILES string of the molecule is Nc1cc(C(F)(F)F)n(-c2cccc(F)c2)n1. The Labute approximate surface area is 93.5 Å². The summed E-state index contributed by atoms with van der Waals surface area (Å²) in [7, 11) is 0. The van der Waals surface area contributed by atoms with Crippen molar-refractivity contribution >= 4 is 5.82 Å². The fourth-order valence-corrected chi connectivity index (χ4v) is 1.41. The Balaban J connectivity index is 2.60. The first kappa shape index (κ1) is 11.4. The summed E-state index contributed by atoms with van der Waals surface area (Å²) in [4.78, 5) is 0. The number of nitrogens with two attached hydrogens (primary N) is 1. The zero-order valence-corrected chi connectivity index (χ0v) is 8.37. The smallest absolute Gasteiger partial charge is 0.382 e. The maximum atomic E-state index is 12.9. The summed E-state index contributed by atoms with van der Waals surface area (Å²) in [6, 6.07) is 5.38. The van der Waals surface area contributed by atoms with Gasteiger partial charge in [0.05, 0.1) is 5.69 Å². The van der Waals surface area contributed by atoms with Gasteiger partial charge < -0.3 is 5.73 Å². The normalized spacial score (nSPS) is 11.8. The third kappa shape index (κ3) is 2.22. The Kier molecular flexibility index (Phi) is 2.53. The number of halogens is 4. The lowest BCUT2D eigenvalue weighted by atomic mass is 10.3. The molecule has 2 N–H and O–H groups in total. The second-order valence-electron chi connectivity index (χ2n) is 3.34. The number of nitrogen functional groups attached to an aromatic ring is 1. The topological polar surface area (TPSA) is 43.8 Å². The van der Waals surface area contributed by atoms with Crippen LogP contribution in [0, 0.1) is 5.82 Å². The van der Waals surface area contributed by atoms with Crippen molar-refractivity contribution in [1.82, 2.24) is 9.78 Å². The second-order valence-corrected chi connectivity index (χ2v) is 3.34. The first-order valence-corrected chi connectivity index (χ1v) is 4.56. The lowest BCUT2D eigenvalue weighted by Gasteiger charge is -2.09. The van der Waals surface area contributed by atoms with Crippen LogP contribution in [0.4, 0.5) is 23.4 Å².